The minimum absolute atomic E-state index is 0.0659. The maximum Gasteiger partial charge on any atom is 0.407 e. The Labute approximate surface area is 197 Å². The van der Waals surface area contributed by atoms with Crippen molar-refractivity contribution in [3.8, 4) is 11.1 Å². The normalized spacial score (nSPS) is 13.1. The number of aromatic nitrogens is 1. The first-order chi connectivity index (χ1) is 16.0. The number of rotatable bonds is 9. The van der Waals surface area contributed by atoms with Crippen molar-refractivity contribution in [2.24, 2.45) is 0 Å². The lowest BCUT2D eigenvalue weighted by molar-refractivity contribution is -0.139. The number of thioether (sulfide) groups is 1. The van der Waals surface area contributed by atoms with Gasteiger partial charge in [0, 0.05) is 17.4 Å². The molecule has 0 bridgehead atoms. The molecule has 1 atom stereocenters. The molecule has 0 saturated heterocycles. The van der Waals surface area contributed by atoms with E-state index in [1.807, 2.05) is 61.5 Å². The van der Waals surface area contributed by atoms with E-state index in [0.717, 1.165) is 33.6 Å². The molecular formula is C26H26N2O4S. The Balaban J connectivity index is 1.29. The number of aliphatic carboxylic acids is 1. The fraction of sp³-hybridized carbons (Fsp3) is 0.269. The third kappa shape index (κ3) is 5.54. The molecule has 2 N–H and O–H groups in total. The van der Waals surface area contributed by atoms with Gasteiger partial charge in [-0.25, -0.2) is 9.59 Å². The van der Waals surface area contributed by atoms with Crippen LogP contribution in [-0.2, 0) is 15.3 Å². The second kappa shape index (κ2) is 10.5. The molecule has 7 heteroatoms. The summed E-state index contributed by atoms with van der Waals surface area (Å²) in [5.74, 6) is 0.136. The highest BCUT2D eigenvalue weighted by atomic mass is 32.2. The van der Waals surface area contributed by atoms with E-state index in [-0.39, 0.29) is 12.5 Å². The van der Waals surface area contributed by atoms with Gasteiger partial charge in [0.1, 0.15) is 12.6 Å². The average molecular weight is 463 g/mol. The number of ether oxygens (including phenoxy) is 1. The van der Waals surface area contributed by atoms with Crippen molar-refractivity contribution in [3.05, 3.63) is 89.2 Å². The molecule has 6 nitrogen and oxygen atoms in total. The van der Waals surface area contributed by atoms with Gasteiger partial charge in [-0.2, -0.15) is 11.8 Å². The van der Waals surface area contributed by atoms with Crippen LogP contribution in [0.1, 0.15) is 34.9 Å². The van der Waals surface area contributed by atoms with Crippen LogP contribution in [0.5, 0.6) is 0 Å². The lowest BCUT2D eigenvalue weighted by Gasteiger charge is -2.17. The summed E-state index contributed by atoms with van der Waals surface area (Å²) in [5, 5.41) is 12.0. The number of carbonyl (C=O) groups excluding carboxylic acids is 1. The van der Waals surface area contributed by atoms with Crippen molar-refractivity contribution in [1.82, 2.24) is 10.3 Å². The number of hydrogen-bond donors (Lipinski definition) is 2. The number of nitrogens with zero attached hydrogens (tertiary/aromatic N) is 1. The van der Waals surface area contributed by atoms with Crippen LogP contribution in [0.25, 0.3) is 11.1 Å². The molecule has 1 aliphatic carbocycles. The van der Waals surface area contributed by atoms with Gasteiger partial charge in [0.05, 0.1) is 5.69 Å². The Bertz CT molecular complexity index is 1100. The number of carboxylic acid groups (broad SMARTS) is 1. The van der Waals surface area contributed by atoms with Crippen molar-refractivity contribution in [2.45, 2.75) is 31.1 Å². The number of alkyl carbamates (subject to hydrolysis) is 1. The highest BCUT2D eigenvalue weighted by molar-refractivity contribution is 7.98. The Morgan fingerprint density at radius 1 is 1.03 bits per heavy atom. The number of benzene rings is 2. The van der Waals surface area contributed by atoms with Gasteiger partial charge in [0.2, 0.25) is 0 Å². The van der Waals surface area contributed by atoms with Gasteiger partial charge in [-0.1, -0.05) is 54.6 Å². The summed E-state index contributed by atoms with van der Waals surface area (Å²) >= 11 is 1.59. The van der Waals surface area contributed by atoms with E-state index in [0.29, 0.717) is 17.9 Å². The molecule has 33 heavy (non-hydrogen) atoms. The third-order valence-electron chi connectivity index (χ3n) is 5.68. The van der Waals surface area contributed by atoms with Crippen LogP contribution >= 0.6 is 11.8 Å². The van der Waals surface area contributed by atoms with Gasteiger partial charge in [-0.15, -0.1) is 0 Å². The number of aryl methyl sites for hydroxylation is 1. The van der Waals surface area contributed by atoms with Crippen LogP contribution in [0.3, 0.4) is 0 Å². The largest absolute Gasteiger partial charge is 0.480 e. The number of carbonyl (C=O) groups is 2. The quantitative estimate of drug-likeness (QED) is 0.435. The molecule has 0 spiro atoms. The lowest BCUT2D eigenvalue weighted by Crippen LogP contribution is -2.41. The van der Waals surface area contributed by atoms with Crippen LogP contribution in [0.2, 0.25) is 0 Å². The SMILES string of the molecule is Cc1cccc(CSCCC(NC(=O)OCC2c3ccccc3-c3ccccc32)C(=O)O)n1. The second-order valence-electron chi connectivity index (χ2n) is 7.97. The number of nitrogens with one attached hydrogen (secondary N) is 1. The molecule has 1 unspecified atom stereocenters. The molecule has 2 aromatic carbocycles. The van der Waals surface area contributed by atoms with Crippen molar-refractivity contribution in [3.63, 3.8) is 0 Å². The van der Waals surface area contributed by atoms with Crippen LogP contribution in [0, 0.1) is 6.92 Å². The highest BCUT2D eigenvalue weighted by Gasteiger charge is 2.29. The Kier molecular flexibility index (Phi) is 7.29. The number of fused-ring (bicyclic) bond motifs is 3. The minimum atomic E-state index is -1.07. The molecule has 1 heterocycles. The number of amides is 1. The molecule has 0 aliphatic heterocycles. The van der Waals surface area contributed by atoms with Gasteiger partial charge < -0.3 is 15.2 Å². The van der Waals surface area contributed by atoms with Crippen LogP contribution in [-0.4, -0.2) is 40.6 Å². The zero-order chi connectivity index (χ0) is 23.2. The summed E-state index contributed by atoms with van der Waals surface area (Å²) < 4.78 is 5.48. The van der Waals surface area contributed by atoms with Gasteiger partial charge in [-0.05, 0) is 53.5 Å². The summed E-state index contributed by atoms with van der Waals surface area (Å²) in [4.78, 5) is 28.5. The van der Waals surface area contributed by atoms with E-state index in [1.54, 1.807) is 11.8 Å². The van der Waals surface area contributed by atoms with Crippen LogP contribution in [0.15, 0.2) is 66.7 Å². The van der Waals surface area contributed by atoms with E-state index in [1.165, 1.54) is 0 Å². The minimum Gasteiger partial charge on any atom is -0.480 e. The third-order valence-corrected chi connectivity index (χ3v) is 6.70. The average Bonchev–Trinajstić information content (AvgIpc) is 3.13. The molecule has 1 amide bonds. The predicted octanol–water partition coefficient (Wildman–Crippen LogP) is 5.01. The Morgan fingerprint density at radius 2 is 1.70 bits per heavy atom. The molecule has 170 valence electrons. The fourth-order valence-electron chi connectivity index (χ4n) is 4.10. The zero-order valence-corrected chi connectivity index (χ0v) is 19.2. The molecule has 0 radical (unpaired) electrons. The molecule has 0 saturated carbocycles. The van der Waals surface area contributed by atoms with E-state index < -0.39 is 18.1 Å². The van der Waals surface area contributed by atoms with Crippen molar-refractivity contribution >= 4 is 23.8 Å². The Hall–Kier alpha value is -3.32. The topological polar surface area (TPSA) is 88.5 Å². The monoisotopic (exact) mass is 462 g/mol. The molecular weight excluding hydrogens is 436 g/mol. The first-order valence-corrected chi connectivity index (χ1v) is 12.0. The van der Waals surface area contributed by atoms with Crippen molar-refractivity contribution in [2.75, 3.05) is 12.4 Å². The van der Waals surface area contributed by atoms with Crippen LogP contribution < -0.4 is 5.32 Å². The Morgan fingerprint density at radius 3 is 2.33 bits per heavy atom. The number of pyridine rings is 1. The van der Waals surface area contributed by atoms with Crippen molar-refractivity contribution in [1.29, 1.82) is 0 Å². The summed E-state index contributed by atoms with van der Waals surface area (Å²) in [7, 11) is 0. The molecule has 1 aromatic heterocycles. The first-order valence-electron chi connectivity index (χ1n) is 10.9. The second-order valence-corrected chi connectivity index (χ2v) is 9.08. The summed E-state index contributed by atoms with van der Waals surface area (Å²) in [6.45, 7) is 2.09. The van der Waals surface area contributed by atoms with E-state index >= 15 is 0 Å². The molecule has 3 aromatic rings. The van der Waals surface area contributed by atoms with Gasteiger partial charge in [0.25, 0.3) is 0 Å². The number of hydrogen-bond acceptors (Lipinski definition) is 5. The summed E-state index contributed by atoms with van der Waals surface area (Å²) in [6.07, 6.45) is -0.412. The van der Waals surface area contributed by atoms with E-state index in [2.05, 4.69) is 22.4 Å². The summed E-state index contributed by atoms with van der Waals surface area (Å²) in [5.41, 5.74) is 6.42. The molecule has 4 rings (SSSR count). The smallest absolute Gasteiger partial charge is 0.407 e. The first kappa shape index (κ1) is 22.9. The van der Waals surface area contributed by atoms with Crippen molar-refractivity contribution < 1.29 is 19.4 Å². The zero-order valence-electron chi connectivity index (χ0n) is 18.4. The van der Waals surface area contributed by atoms with Gasteiger partial charge in [-0.3, -0.25) is 4.98 Å². The maximum atomic E-state index is 12.4. The van der Waals surface area contributed by atoms with Gasteiger partial charge in [0.15, 0.2) is 0 Å². The molecule has 1 aliphatic rings. The lowest BCUT2D eigenvalue weighted by atomic mass is 9.98. The van der Waals surface area contributed by atoms with E-state index in [9.17, 15) is 14.7 Å². The fourth-order valence-corrected chi connectivity index (χ4v) is 5.01. The summed E-state index contributed by atoms with van der Waals surface area (Å²) in [6, 6.07) is 21.0. The standard InChI is InChI=1S/C26H26N2O4S/c1-17-7-6-8-18(27-17)16-33-14-13-24(25(29)30)28-26(31)32-15-23-21-11-4-2-9-19(21)20-10-3-5-12-22(20)23/h2-12,23-24H,13-16H2,1H3,(H,28,31)(H,29,30). The van der Waals surface area contributed by atoms with Crippen LogP contribution in [0.4, 0.5) is 4.79 Å². The molecule has 0 fully saturated rings. The highest BCUT2D eigenvalue weighted by Crippen LogP contribution is 2.44. The predicted molar refractivity (Wildman–Crippen MR) is 129 cm³/mol. The number of carboxylic acids is 1. The maximum absolute atomic E-state index is 12.4. The van der Waals surface area contributed by atoms with E-state index in [4.69, 9.17) is 4.74 Å². The van der Waals surface area contributed by atoms with Gasteiger partial charge >= 0.3 is 12.1 Å².